The maximum atomic E-state index is 12.6. The summed E-state index contributed by atoms with van der Waals surface area (Å²) in [4.78, 5) is 10.9. The van der Waals surface area contributed by atoms with Gasteiger partial charge in [-0.05, 0) is 18.6 Å². The average molecular weight is 305 g/mol. The summed E-state index contributed by atoms with van der Waals surface area (Å²) in [6.45, 7) is 5.49. The maximum Gasteiger partial charge on any atom is 0.337 e. The molecule has 1 heterocycles. The van der Waals surface area contributed by atoms with Crippen molar-refractivity contribution in [2.75, 3.05) is 0 Å². The zero-order chi connectivity index (χ0) is 15.6. The Labute approximate surface area is 123 Å². The van der Waals surface area contributed by atoms with E-state index in [1.807, 2.05) is 19.1 Å². The Morgan fingerprint density at radius 2 is 1.90 bits per heavy atom. The minimum atomic E-state index is -3.79. The summed E-state index contributed by atoms with van der Waals surface area (Å²) < 4.78 is 26.1. The monoisotopic (exact) mass is 305 g/mol. The Morgan fingerprint density at radius 3 is 2.38 bits per heavy atom. The van der Waals surface area contributed by atoms with Crippen LogP contribution >= 0.6 is 0 Å². The molecule has 0 aliphatic carbocycles. The molecule has 1 unspecified atom stereocenters. The van der Waals surface area contributed by atoms with E-state index < -0.39 is 21.2 Å². The fraction of sp³-hybridized carbons (Fsp3) is 0.133. The van der Waals surface area contributed by atoms with Gasteiger partial charge in [-0.25, -0.2) is 13.2 Å². The summed E-state index contributed by atoms with van der Waals surface area (Å²) in [6, 6.07) is 8.33. The second-order valence-electron chi connectivity index (χ2n) is 4.65. The number of nitrogens with zero attached hydrogens (tertiary/aromatic N) is 1. The standard InChI is InChI=1S/C15H15NO4S/c1-3-14(12-6-4-11(2)5-7-12)21(19,20)16-9-8-13(10-16)15(17)18/h3-10,14H,1H2,2H3,(H,17,18). The van der Waals surface area contributed by atoms with Gasteiger partial charge in [0.1, 0.15) is 5.25 Å². The molecular weight excluding hydrogens is 290 g/mol. The van der Waals surface area contributed by atoms with Crippen LogP contribution in [0.15, 0.2) is 55.4 Å². The zero-order valence-electron chi connectivity index (χ0n) is 11.4. The highest BCUT2D eigenvalue weighted by atomic mass is 32.2. The van der Waals surface area contributed by atoms with E-state index in [0.29, 0.717) is 5.56 Å². The van der Waals surface area contributed by atoms with E-state index in [0.717, 1.165) is 15.7 Å². The number of aryl methyl sites for hydroxylation is 1. The summed E-state index contributed by atoms with van der Waals surface area (Å²) in [5, 5.41) is 7.94. The predicted octanol–water partition coefficient (Wildman–Crippen LogP) is 2.60. The number of carboxylic acid groups (broad SMARTS) is 1. The molecule has 0 spiro atoms. The number of hydrogen-bond acceptors (Lipinski definition) is 3. The lowest BCUT2D eigenvalue weighted by atomic mass is 10.1. The molecule has 5 nitrogen and oxygen atoms in total. The molecule has 0 aliphatic heterocycles. The molecule has 1 aromatic carbocycles. The number of hydrogen-bond donors (Lipinski definition) is 1. The highest BCUT2D eigenvalue weighted by Gasteiger charge is 2.26. The van der Waals surface area contributed by atoms with Crippen LogP contribution in [0, 0.1) is 6.92 Å². The molecule has 1 atom stereocenters. The average Bonchev–Trinajstić information content (AvgIpc) is 2.92. The first kappa shape index (κ1) is 15.1. The van der Waals surface area contributed by atoms with Gasteiger partial charge in [-0.1, -0.05) is 35.9 Å². The Bertz CT molecular complexity index is 772. The summed E-state index contributed by atoms with van der Waals surface area (Å²) in [5.74, 6) is -1.17. The summed E-state index contributed by atoms with van der Waals surface area (Å²) >= 11 is 0. The lowest BCUT2D eigenvalue weighted by Crippen LogP contribution is -2.18. The first-order valence-corrected chi connectivity index (χ1v) is 7.71. The second-order valence-corrected chi connectivity index (χ2v) is 6.61. The lowest BCUT2D eigenvalue weighted by molar-refractivity contribution is 0.0697. The van der Waals surface area contributed by atoms with Crippen molar-refractivity contribution in [3.8, 4) is 0 Å². The molecular formula is C15H15NO4S. The normalized spacial score (nSPS) is 12.8. The van der Waals surface area contributed by atoms with E-state index in [9.17, 15) is 13.2 Å². The van der Waals surface area contributed by atoms with Crippen molar-refractivity contribution in [1.29, 1.82) is 0 Å². The van der Waals surface area contributed by atoms with Gasteiger partial charge in [0.25, 0.3) is 0 Å². The van der Waals surface area contributed by atoms with Crippen LogP contribution in [0.4, 0.5) is 0 Å². The van der Waals surface area contributed by atoms with E-state index in [1.54, 1.807) is 12.1 Å². The fourth-order valence-electron chi connectivity index (χ4n) is 1.98. The van der Waals surface area contributed by atoms with Gasteiger partial charge >= 0.3 is 5.97 Å². The van der Waals surface area contributed by atoms with Crippen LogP contribution < -0.4 is 0 Å². The first-order valence-electron chi connectivity index (χ1n) is 6.21. The number of aromatic nitrogens is 1. The smallest absolute Gasteiger partial charge is 0.337 e. The Kier molecular flexibility index (Phi) is 3.99. The van der Waals surface area contributed by atoms with E-state index in [2.05, 4.69) is 6.58 Å². The third-order valence-electron chi connectivity index (χ3n) is 3.15. The summed E-state index contributed by atoms with van der Waals surface area (Å²) in [5.41, 5.74) is 1.53. The molecule has 0 aliphatic rings. The van der Waals surface area contributed by atoms with Gasteiger partial charge in [-0.3, -0.25) is 3.97 Å². The quantitative estimate of drug-likeness (QED) is 0.861. The van der Waals surface area contributed by atoms with Crippen molar-refractivity contribution in [2.45, 2.75) is 12.2 Å². The molecule has 21 heavy (non-hydrogen) atoms. The topological polar surface area (TPSA) is 76.4 Å². The molecule has 0 saturated heterocycles. The van der Waals surface area contributed by atoms with E-state index in [1.165, 1.54) is 18.3 Å². The molecule has 1 aromatic heterocycles. The van der Waals surface area contributed by atoms with Gasteiger partial charge in [-0.2, -0.15) is 0 Å². The van der Waals surface area contributed by atoms with Crippen LogP contribution in [0.3, 0.4) is 0 Å². The molecule has 0 radical (unpaired) electrons. The van der Waals surface area contributed by atoms with Crippen molar-refractivity contribution in [3.63, 3.8) is 0 Å². The first-order chi connectivity index (χ1) is 9.86. The van der Waals surface area contributed by atoms with E-state index in [-0.39, 0.29) is 5.56 Å². The Hall–Kier alpha value is -2.34. The number of rotatable bonds is 5. The van der Waals surface area contributed by atoms with Crippen LogP contribution in [-0.2, 0) is 10.0 Å². The fourth-order valence-corrected chi connectivity index (χ4v) is 3.48. The van der Waals surface area contributed by atoms with E-state index in [4.69, 9.17) is 5.11 Å². The molecule has 0 fully saturated rings. The SMILES string of the molecule is C=CC(c1ccc(C)cc1)S(=O)(=O)n1ccc(C(=O)O)c1. The van der Waals surface area contributed by atoms with Gasteiger partial charge in [0.05, 0.1) is 5.56 Å². The highest BCUT2D eigenvalue weighted by molar-refractivity contribution is 7.90. The lowest BCUT2D eigenvalue weighted by Gasteiger charge is -2.15. The van der Waals surface area contributed by atoms with Crippen molar-refractivity contribution < 1.29 is 18.3 Å². The van der Waals surface area contributed by atoms with Crippen LogP contribution in [0.2, 0.25) is 0 Å². The Morgan fingerprint density at radius 1 is 1.29 bits per heavy atom. The van der Waals surface area contributed by atoms with Crippen LogP contribution in [0.25, 0.3) is 0 Å². The predicted molar refractivity (Wildman–Crippen MR) is 79.8 cm³/mol. The van der Waals surface area contributed by atoms with Crippen LogP contribution in [0.1, 0.15) is 26.7 Å². The summed E-state index contributed by atoms with van der Waals surface area (Å²) in [6.07, 6.45) is 3.65. The minimum absolute atomic E-state index is 0.0784. The van der Waals surface area contributed by atoms with Gasteiger partial charge in [0, 0.05) is 12.4 Å². The maximum absolute atomic E-state index is 12.6. The number of carboxylic acids is 1. The van der Waals surface area contributed by atoms with Crippen LogP contribution in [0.5, 0.6) is 0 Å². The Balaban J connectivity index is 2.46. The molecule has 110 valence electrons. The van der Waals surface area contributed by atoms with Crippen LogP contribution in [-0.4, -0.2) is 23.5 Å². The molecule has 0 amide bonds. The molecule has 0 saturated carbocycles. The van der Waals surface area contributed by atoms with Crippen molar-refractivity contribution >= 4 is 16.0 Å². The molecule has 2 aromatic rings. The number of aromatic carboxylic acids is 1. The number of benzene rings is 1. The third kappa shape index (κ3) is 2.90. The van der Waals surface area contributed by atoms with Gasteiger partial charge in [-0.15, -0.1) is 6.58 Å². The zero-order valence-corrected chi connectivity index (χ0v) is 12.2. The van der Waals surface area contributed by atoms with E-state index >= 15 is 0 Å². The molecule has 0 bridgehead atoms. The number of carbonyl (C=O) groups is 1. The molecule has 1 N–H and O–H groups in total. The van der Waals surface area contributed by atoms with Gasteiger partial charge in [0.2, 0.25) is 10.0 Å². The highest BCUT2D eigenvalue weighted by Crippen LogP contribution is 2.26. The van der Waals surface area contributed by atoms with Crippen molar-refractivity contribution in [2.24, 2.45) is 0 Å². The molecule has 2 rings (SSSR count). The van der Waals surface area contributed by atoms with Gasteiger partial charge in [0.15, 0.2) is 0 Å². The second kappa shape index (κ2) is 5.57. The molecule has 6 heteroatoms. The van der Waals surface area contributed by atoms with Gasteiger partial charge < -0.3 is 5.11 Å². The summed E-state index contributed by atoms with van der Waals surface area (Å²) in [7, 11) is -3.79. The van der Waals surface area contributed by atoms with Crippen molar-refractivity contribution in [3.05, 3.63) is 72.1 Å². The van der Waals surface area contributed by atoms with Crippen molar-refractivity contribution in [1.82, 2.24) is 3.97 Å². The third-order valence-corrected chi connectivity index (χ3v) is 5.07. The minimum Gasteiger partial charge on any atom is -0.478 e. The largest absolute Gasteiger partial charge is 0.478 e.